The third-order valence-corrected chi connectivity index (χ3v) is 5.15. The zero-order valence-electron chi connectivity index (χ0n) is 12.0. The summed E-state index contributed by atoms with van der Waals surface area (Å²) < 4.78 is 25.9. The van der Waals surface area contributed by atoms with E-state index in [4.69, 9.17) is 10.8 Å². The van der Waals surface area contributed by atoms with Gasteiger partial charge in [-0.1, -0.05) is 13.8 Å². The maximum atomic E-state index is 12.4. The molecule has 0 amide bonds. The highest BCUT2D eigenvalue weighted by Crippen LogP contribution is 2.27. The third kappa shape index (κ3) is 3.10. The smallest absolute Gasteiger partial charge is 0.331 e. The molecule has 1 aliphatic carbocycles. The fraction of sp³-hybridized carbons (Fsp3) is 0.538. The Hall–Kier alpha value is -1.83. The van der Waals surface area contributed by atoms with E-state index < -0.39 is 16.0 Å². The van der Waals surface area contributed by atoms with Crippen LogP contribution < -0.4 is 5.73 Å². The number of nitrogen functional groups attached to an aromatic ring is 1. The van der Waals surface area contributed by atoms with Crippen LogP contribution in [0.3, 0.4) is 0 Å². The van der Waals surface area contributed by atoms with Crippen LogP contribution in [-0.4, -0.2) is 34.2 Å². The van der Waals surface area contributed by atoms with E-state index in [1.54, 1.807) is 0 Å². The number of fused-ring (bicyclic) bond motifs is 1. The molecule has 1 aliphatic rings. The van der Waals surface area contributed by atoms with Crippen molar-refractivity contribution in [2.75, 3.05) is 11.5 Å². The van der Waals surface area contributed by atoms with E-state index in [2.05, 4.69) is 4.98 Å². The number of carboxylic acids is 1. The first-order valence-electron chi connectivity index (χ1n) is 6.76. The maximum Gasteiger partial charge on any atom is 0.331 e. The number of imidazole rings is 1. The Bertz CT molecular complexity index is 701. The number of aliphatic carboxylic acids is 1. The van der Waals surface area contributed by atoms with Gasteiger partial charge in [-0.2, -0.15) is 0 Å². The summed E-state index contributed by atoms with van der Waals surface area (Å²) in [4.78, 5) is 15.0. The summed E-state index contributed by atoms with van der Waals surface area (Å²) in [5, 5.41) is 8.99. The molecule has 0 aromatic carbocycles. The SMILES string of the molecule is CC(C)CCS(=O)(=O)n1c(N)nc2c1CCC(C(=O)O)=C2. The van der Waals surface area contributed by atoms with Gasteiger partial charge in [0.1, 0.15) is 0 Å². The first kappa shape index (κ1) is 15.6. The van der Waals surface area contributed by atoms with E-state index >= 15 is 0 Å². The fourth-order valence-electron chi connectivity index (χ4n) is 2.27. The lowest BCUT2D eigenvalue weighted by Crippen LogP contribution is -2.22. The Morgan fingerprint density at radius 1 is 1.48 bits per heavy atom. The largest absolute Gasteiger partial charge is 0.478 e. The lowest BCUT2D eigenvalue weighted by atomic mass is 10.0. The highest BCUT2D eigenvalue weighted by atomic mass is 32.2. The van der Waals surface area contributed by atoms with Gasteiger partial charge in [0.2, 0.25) is 16.0 Å². The van der Waals surface area contributed by atoms with Gasteiger partial charge >= 0.3 is 5.97 Å². The van der Waals surface area contributed by atoms with E-state index in [1.807, 2.05) is 13.8 Å². The van der Waals surface area contributed by atoms with E-state index in [-0.39, 0.29) is 29.6 Å². The molecule has 0 spiro atoms. The van der Waals surface area contributed by atoms with Crippen LogP contribution in [-0.2, 0) is 21.2 Å². The first-order chi connectivity index (χ1) is 9.72. The standard InChI is InChI=1S/C13H19N3O4S/c1-8(2)5-6-21(19,20)16-11-4-3-9(12(17)18)7-10(11)15-13(16)14/h7-8H,3-6H2,1-2H3,(H2,14,15)(H,17,18). The summed E-state index contributed by atoms with van der Waals surface area (Å²) >= 11 is 0. The van der Waals surface area contributed by atoms with Gasteiger partial charge in [0.15, 0.2) is 0 Å². The first-order valence-corrected chi connectivity index (χ1v) is 8.37. The molecule has 0 fully saturated rings. The van der Waals surface area contributed by atoms with Crippen LogP contribution in [0, 0.1) is 5.92 Å². The molecule has 0 saturated heterocycles. The van der Waals surface area contributed by atoms with Crippen LogP contribution in [0.25, 0.3) is 6.08 Å². The molecule has 1 heterocycles. The van der Waals surface area contributed by atoms with Gasteiger partial charge in [-0.15, -0.1) is 0 Å². The van der Waals surface area contributed by atoms with Gasteiger partial charge in [0.05, 0.1) is 17.1 Å². The molecule has 0 radical (unpaired) electrons. The number of hydrogen-bond donors (Lipinski definition) is 2. The van der Waals surface area contributed by atoms with E-state index in [0.717, 1.165) is 3.97 Å². The average molecular weight is 313 g/mol. The van der Waals surface area contributed by atoms with Crippen molar-refractivity contribution in [2.45, 2.75) is 33.1 Å². The van der Waals surface area contributed by atoms with Crippen LogP contribution in [0.5, 0.6) is 0 Å². The molecule has 7 nitrogen and oxygen atoms in total. The number of nitrogens with zero attached hydrogens (tertiary/aromatic N) is 2. The molecule has 0 bridgehead atoms. The normalized spacial score (nSPS) is 14.9. The van der Waals surface area contributed by atoms with Crippen LogP contribution in [0.1, 0.15) is 38.1 Å². The molecule has 1 aromatic heterocycles. The van der Waals surface area contributed by atoms with Crippen molar-refractivity contribution in [2.24, 2.45) is 5.92 Å². The summed E-state index contributed by atoms with van der Waals surface area (Å²) in [6.07, 6.45) is 2.50. The minimum atomic E-state index is -3.57. The predicted octanol–water partition coefficient (Wildman–Crippen LogP) is 1.10. The molecule has 2 rings (SSSR count). The van der Waals surface area contributed by atoms with Crippen molar-refractivity contribution >= 4 is 28.0 Å². The van der Waals surface area contributed by atoms with Gasteiger partial charge < -0.3 is 10.8 Å². The van der Waals surface area contributed by atoms with Crippen molar-refractivity contribution < 1.29 is 18.3 Å². The number of nitrogens with two attached hydrogens (primary N) is 1. The minimum absolute atomic E-state index is 0.00678. The van der Waals surface area contributed by atoms with Gasteiger partial charge in [0, 0.05) is 5.57 Å². The minimum Gasteiger partial charge on any atom is -0.478 e. The number of aromatic nitrogens is 2. The van der Waals surface area contributed by atoms with E-state index in [1.165, 1.54) is 6.08 Å². The molecule has 0 saturated carbocycles. The molecule has 0 atom stereocenters. The fourth-order valence-corrected chi connectivity index (χ4v) is 4.06. The van der Waals surface area contributed by atoms with Crippen molar-refractivity contribution in [1.82, 2.24) is 8.96 Å². The number of rotatable bonds is 5. The van der Waals surface area contributed by atoms with Crippen LogP contribution >= 0.6 is 0 Å². The average Bonchev–Trinajstić information content (AvgIpc) is 2.71. The predicted molar refractivity (Wildman–Crippen MR) is 79.2 cm³/mol. The van der Waals surface area contributed by atoms with Crippen LogP contribution in [0.4, 0.5) is 5.95 Å². The Morgan fingerprint density at radius 2 is 2.14 bits per heavy atom. The zero-order chi connectivity index (χ0) is 15.8. The Balaban J connectivity index is 2.42. The van der Waals surface area contributed by atoms with Gasteiger partial charge in [0.25, 0.3) is 0 Å². The molecular formula is C13H19N3O4S. The van der Waals surface area contributed by atoms with Gasteiger partial charge in [-0.05, 0) is 31.3 Å². The topological polar surface area (TPSA) is 115 Å². The van der Waals surface area contributed by atoms with Gasteiger partial charge in [-0.25, -0.2) is 22.2 Å². The molecule has 3 N–H and O–H groups in total. The van der Waals surface area contributed by atoms with E-state index in [0.29, 0.717) is 24.2 Å². The number of hydrogen-bond acceptors (Lipinski definition) is 5. The summed E-state index contributed by atoms with van der Waals surface area (Å²) in [5.41, 5.74) is 6.76. The van der Waals surface area contributed by atoms with Gasteiger partial charge in [-0.3, -0.25) is 0 Å². The zero-order valence-corrected chi connectivity index (χ0v) is 12.9. The van der Waals surface area contributed by atoms with Crippen LogP contribution in [0.15, 0.2) is 5.57 Å². The third-order valence-electron chi connectivity index (χ3n) is 3.43. The molecule has 0 aliphatic heterocycles. The monoisotopic (exact) mass is 313 g/mol. The second-order valence-corrected chi connectivity index (χ2v) is 7.48. The molecular weight excluding hydrogens is 294 g/mol. The quantitative estimate of drug-likeness (QED) is 0.841. The lowest BCUT2D eigenvalue weighted by Gasteiger charge is -2.14. The van der Waals surface area contributed by atoms with Crippen LogP contribution in [0.2, 0.25) is 0 Å². The number of carbonyl (C=O) groups is 1. The summed E-state index contributed by atoms with van der Waals surface area (Å²) in [5.74, 6) is -0.866. The Labute approximate surface area is 123 Å². The summed E-state index contributed by atoms with van der Waals surface area (Å²) in [6, 6.07) is 0. The summed E-state index contributed by atoms with van der Waals surface area (Å²) in [7, 11) is -3.57. The maximum absolute atomic E-state index is 12.4. The Kier molecular flexibility index (Phi) is 4.08. The van der Waals surface area contributed by atoms with E-state index in [9.17, 15) is 13.2 Å². The van der Waals surface area contributed by atoms with Crippen molar-refractivity contribution in [3.63, 3.8) is 0 Å². The molecule has 116 valence electrons. The molecule has 8 heteroatoms. The molecule has 1 aromatic rings. The van der Waals surface area contributed by atoms with Crippen molar-refractivity contribution in [3.8, 4) is 0 Å². The highest BCUT2D eigenvalue weighted by molar-refractivity contribution is 7.90. The molecule has 0 unspecified atom stereocenters. The highest BCUT2D eigenvalue weighted by Gasteiger charge is 2.27. The second-order valence-electron chi connectivity index (χ2n) is 5.54. The number of carboxylic acid groups (broad SMARTS) is 1. The number of anilines is 1. The molecule has 21 heavy (non-hydrogen) atoms. The van der Waals surface area contributed by atoms with Crippen molar-refractivity contribution in [1.29, 1.82) is 0 Å². The Morgan fingerprint density at radius 3 is 2.71 bits per heavy atom. The second kappa shape index (κ2) is 5.51. The van der Waals surface area contributed by atoms with Crippen molar-refractivity contribution in [3.05, 3.63) is 17.0 Å². The summed E-state index contributed by atoms with van der Waals surface area (Å²) in [6.45, 7) is 3.90. The lowest BCUT2D eigenvalue weighted by molar-refractivity contribution is -0.132.